The summed E-state index contributed by atoms with van der Waals surface area (Å²) in [5, 5.41) is 19.3. The van der Waals surface area contributed by atoms with Crippen LogP contribution in [0.3, 0.4) is 0 Å². The van der Waals surface area contributed by atoms with Gasteiger partial charge in [-0.2, -0.15) is 0 Å². The molecular weight excluding hydrogens is 232 g/mol. The quantitative estimate of drug-likeness (QED) is 0.791. The third kappa shape index (κ3) is 1.16. The predicted octanol–water partition coefficient (Wildman–Crippen LogP) is 2.38. The van der Waals surface area contributed by atoms with Crippen molar-refractivity contribution in [3.05, 3.63) is 0 Å². The Kier molecular flexibility index (Phi) is 2.06. The van der Waals surface area contributed by atoms with Crippen molar-refractivity contribution >= 4 is 11.9 Å². The summed E-state index contributed by atoms with van der Waals surface area (Å²) in [6.45, 7) is 3.93. The van der Waals surface area contributed by atoms with Gasteiger partial charge >= 0.3 is 11.9 Å². The van der Waals surface area contributed by atoms with Gasteiger partial charge in [0.15, 0.2) is 0 Å². The first-order valence-electron chi connectivity index (χ1n) is 6.71. The molecular formula is C14H20O4. The summed E-state index contributed by atoms with van der Waals surface area (Å²) in [5.74, 6) is -1.54. The second kappa shape index (κ2) is 3.09. The maximum atomic E-state index is 11.8. The Hall–Kier alpha value is -1.06. The van der Waals surface area contributed by atoms with Gasteiger partial charge in [-0.05, 0) is 49.4 Å². The van der Waals surface area contributed by atoms with Gasteiger partial charge in [0.2, 0.25) is 0 Å². The zero-order chi connectivity index (χ0) is 13.3. The van der Waals surface area contributed by atoms with Gasteiger partial charge in [-0.1, -0.05) is 13.8 Å². The molecule has 4 aliphatic rings. The van der Waals surface area contributed by atoms with E-state index in [0.29, 0.717) is 25.7 Å². The van der Waals surface area contributed by atoms with Gasteiger partial charge in [0.05, 0.1) is 10.8 Å². The third-order valence-electron chi connectivity index (χ3n) is 6.08. The Morgan fingerprint density at radius 3 is 1.78 bits per heavy atom. The Morgan fingerprint density at radius 1 is 1.00 bits per heavy atom. The molecule has 0 aliphatic heterocycles. The van der Waals surface area contributed by atoms with E-state index in [1.807, 2.05) is 6.92 Å². The summed E-state index contributed by atoms with van der Waals surface area (Å²) in [5.41, 5.74) is -1.69. The molecule has 2 N–H and O–H groups in total. The lowest BCUT2D eigenvalue weighted by Crippen LogP contribution is -2.65. The third-order valence-corrected chi connectivity index (χ3v) is 6.08. The standard InChI is InChI=1S/C14H20O4/c1-8-13(10(15)16)4-9-3-12(2,6-13)7-14(8,5-9)11(17)18/h8-9H,3-7H2,1-2H3,(H,15,16)(H,17,18). The van der Waals surface area contributed by atoms with Crippen molar-refractivity contribution in [2.24, 2.45) is 28.1 Å². The number of hydrogen-bond acceptors (Lipinski definition) is 2. The average molecular weight is 252 g/mol. The van der Waals surface area contributed by atoms with E-state index in [2.05, 4.69) is 6.92 Å². The number of rotatable bonds is 2. The van der Waals surface area contributed by atoms with Gasteiger partial charge in [-0.15, -0.1) is 0 Å². The number of carboxylic acids is 2. The highest BCUT2D eigenvalue weighted by Gasteiger charge is 2.70. The molecule has 4 aliphatic carbocycles. The van der Waals surface area contributed by atoms with Crippen LogP contribution in [-0.4, -0.2) is 22.2 Å². The summed E-state index contributed by atoms with van der Waals surface area (Å²) in [6, 6.07) is 0. The maximum absolute atomic E-state index is 11.8. The van der Waals surface area contributed by atoms with Crippen LogP contribution in [0.5, 0.6) is 0 Å². The molecule has 4 rings (SSSR count). The Labute approximate surface area is 106 Å². The van der Waals surface area contributed by atoms with Gasteiger partial charge in [0.25, 0.3) is 0 Å². The number of carbonyl (C=O) groups is 2. The first-order valence-corrected chi connectivity index (χ1v) is 6.71. The van der Waals surface area contributed by atoms with E-state index in [9.17, 15) is 19.8 Å². The molecule has 4 saturated carbocycles. The molecule has 2 unspecified atom stereocenters. The first kappa shape index (κ1) is 12.0. The Bertz CT molecular complexity index is 409. The molecule has 4 nitrogen and oxygen atoms in total. The van der Waals surface area contributed by atoms with E-state index in [4.69, 9.17) is 0 Å². The molecule has 0 saturated heterocycles. The Balaban J connectivity index is 2.16. The molecule has 0 amide bonds. The van der Waals surface area contributed by atoms with E-state index < -0.39 is 22.8 Å². The highest BCUT2D eigenvalue weighted by molar-refractivity contribution is 5.82. The van der Waals surface area contributed by atoms with Crippen LogP contribution in [0.2, 0.25) is 0 Å². The molecule has 100 valence electrons. The minimum atomic E-state index is -0.799. The smallest absolute Gasteiger partial charge is 0.309 e. The molecule has 0 heterocycles. The summed E-state index contributed by atoms with van der Waals surface area (Å²) in [7, 11) is 0. The average Bonchev–Trinajstić information content (AvgIpc) is 2.22. The predicted molar refractivity (Wildman–Crippen MR) is 64.0 cm³/mol. The first-order chi connectivity index (χ1) is 8.24. The number of carboxylic acid groups (broad SMARTS) is 2. The van der Waals surface area contributed by atoms with Gasteiger partial charge in [0, 0.05) is 0 Å². The second-order valence-corrected chi connectivity index (χ2v) is 7.29. The fraction of sp³-hybridized carbons (Fsp3) is 0.857. The lowest BCUT2D eigenvalue weighted by molar-refractivity contribution is -0.220. The van der Waals surface area contributed by atoms with Gasteiger partial charge < -0.3 is 10.2 Å². The van der Waals surface area contributed by atoms with E-state index in [1.54, 1.807) is 0 Å². The second-order valence-electron chi connectivity index (χ2n) is 7.29. The van der Waals surface area contributed by atoms with Crippen molar-refractivity contribution in [2.75, 3.05) is 0 Å². The van der Waals surface area contributed by atoms with Crippen molar-refractivity contribution in [3.8, 4) is 0 Å². The van der Waals surface area contributed by atoms with Crippen LogP contribution >= 0.6 is 0 Å². The van der Waals surface area contributed by atoms with Gasteiger partial charge in [0.1, 0.15) is 0 Å². The molecule has 0 aromatic heterocycles. The number of hydrogen-bond donors (Lipinski definition) is 2. The molecule has 2 atom stereocenters. The van der Waals surface area contributed by atoms with Gasteiger partial charge in [-0.3, -0.25) is 9.59 Å². The molecule has 0 radical (unpaired) electrons. The van der Waals surface area contributed by atoms with Crippen molar-refractivity contribution < 1.29 is 19.8 Å². The Morgan fingerprint density at radius 2 is 1.44 bits per heavy atom. The lowest BCUT2D eigenvalue weighted by Gasteiger charge is -2.66. The van der Waals surface area contributed by atoms with E-state index in [0.717, 1.165) is 6.42 Å². The molecule has 0 aromatic carbocycles. The van der Waals surface area contributed by atoms with Crippen LogP contribution in [0.15, 0.2) is 0 Å². The normalized spacial score (nSPS) is 53.4. The van der Waals surface area contributed by atoms with Crippen LogP contribution in [-0.2, 0) is 9.59 Å². The van der Waals surface area contributed by atoms with Crippen LogP contribution < -0.4 is 0 Å². The molecule has 4 heteroatoms. The molecule has 0 aromatic rings. The molecule has 4 fully saturated rings. The minimum Gasteiger partial charge on any atom is -0.481 e. The fourth-order valence-electron chi connectivity index (χ4n) is 5.70. The molecule has 18 heavy (non-hydrogen) atoms. The summed E-state index contributed by atoms with van der Waals surface area (Å²) in [4.78, 5) is 23.6. The van der Waals surface area contributed by atoms with E-state index >= 15 is 0 Å². The van der Waals surface area contributed by atoms with E-state index in [1.165, 1.54) is 0 Å². The SMILES string of the molecule is CC1C2(C(=O)O)CC3CC(C)(C2)CC1(C(=O)O)C3. The monoisotopic (exact) mass is 252 g/mol. The fourth-order valence-corrected chi connectivity index (χ4v) is 5.70. The van der Waals surface area contributed by atoms with Crippen LogP contribution in [0.4, 0.5) is 0 Å². The highest BCUT2D eigenvalue weighted by Crippen LogP contribution is 2.72. The van der Waals surface area contributed by atoms with Crippen molar-refractivity contribution in [1.82, 2.24) is 0 Å². The topological polar surface area (TPSA) is 74.6 Å². The zero-order valence-corrected chi connectivity index (χ0v) is 10.9. The van der Waals surface area contributed by atoms with Crippen LogP contribution in [0, 0.1) is 28.1 Å². The highest BCUT2D eigenvalue weighted by atomic mass is 16.4. The summed E-state index contributed by atoms with van der Waals surface area (Å²) in [6.07, 6.45) is 3.66. The largest absolute Gasteiger partial charge is 0.481 e. The van der Waals surface area contributed by atoms with Crippen molar-refractivity contribution in [1.29, 1.82) is 0 Å². The lowest BCUT2D eigenvalue weighted by atomic mass is 9.36. The van der Waals surface area contributed by atoms with Crippen molar-refractivity contribution in [2.45, 2.75) is 46.0 Å². The molecule has 0 spiro atoms. The molecule has 4 bridgehead atoms. The maximum Gasteiger partial charge on any atom is 0.309 e. The van der Waals surface area contributed by atoms with Crippen molar-refractivity contribution in [3.63, 3.8) is 0 Å². The van der Waals surface area contributed by atoms with Crippen LogP contribution in [0.1, 0.15) is 46.0 Å². The summed E-state index contributed by atoms with van der Waals surface area (Å²) < 4.78 is 0. The minimum absolute atomic E-state index is 0.0928. The number of aliphatic carboxylic acids is 2. The van der Waals surface area contributed by atoms with E-state index in [-0.39, 0.29) is 17.3 Å². The van der Waals surface area contributed by atoms with Crippen LogP contribution in [0.25, 0.3) is 0 Å². The zero-order valence-electron chi connectivity index (χ0n) is 10.9. The van der Waals surface area contributed by atoms with Gasteiger partial charge in [-0.25, -0.2) is 0 Å². The summed E-state index contributed by atoms with van der Waals surface area (Å²) >= 11 is 0.